The third-order valence-electron chi connectivity index (χ3n) is 3.07. The highest BCUT2D eigenvalue weighted by Crippen LogP contribution is 2.38. The zero-order chi connectivity index (χ0) is 16.1. The highest BCUT2D eigenvalue weighted by molar-refractivity contribution is 5.91. The lowest BCUT2D eigenvalue weighted by Gasteiger charge is -2.13. The maximum absolute atomic E-state index is 12.1. The van der Waals surface area contributed by atoms with Crippen LogP contribution >= 0.6 is 0 Å². The number of hydrogen-bond acceptors (Lipinski definition) is 5. The molecular formula is C15H19N3O4. The number of amides is 1. The Bertz CT molecular complexity index is 642. The SMILES string of the molecule is COc1cc(CC(=O)Nc2ccn(C)n2)cc(OC)c1OC. The van der Waals surface area contributed by atoms with Crippen molar-refractivity contribution in [2.75, 3.05) is 26.6 Å². The number of aromatic nitrogens is 2. The van der Waals surface area contributed by atoms with Gasteiger partial charge < -0.3 is 19.5 Å². The summed E-state index contributed by atoms with van der Waals surface area (Å²) in [6.45, 7) is 0. The van der Waals surface area contributed by atoms with E-state index in [0.717, 1.165) is 5.56 Å². The number of hydrogen-bond donors (Lipinski definition) is 1. The maximum Gasteiger partial charge on any atom is 0.229 e. The molecule has 22 heavy (non-hydrogen) atoms. The molecule has 0 saturated carbocycles. The van der Waals surface area contributed by atoms with Crippen molar-refractivity contribution in [3.05, 3.63) is 30.0 Å². The van der Waals surface area contributed by atoms with Crippen molar-refractivity contribution in [2.24, 2.45) is 7.05 Å². The fraction of sp³-hybridized carbons (Fsp3) is 0.333. The Morgan fingerprint density at radius 3 is 2.27 bits per heavy atom. The van der Waals surface area contributed by atoms with Crippen molar-refractivity contribution in [1.82, 2.24) is 9.78 Å². The van der Waals surface area contributed by atoms with Gasteiger partial charge in [0.1, 0.15) is 0 Å². The first-order valence-electron chi connectivity index (χ1n) is 6.65. The maximum atomic E-state index is 12.1. The van der Waals surface area contributed by atoms with Crippen LogP contribution < -0.4 is 19.5 Å². The first-order chi connectivity index (χ1) is 10.6. The van der Waals surface area contributed by atoms with E-state index in [9.17, 15) is 4.79 Å². The number of benzene rings is 1. The van der Waals surface area contributed by atoms with Gasteiger partial charge in [-0.05, 0) is 17.7 Å². The van der Waals surface area contributed by atoms with Crippen LogP contribution in [0, 0.1) is 0 Å². The van der Waals surface area contributed by atoms with Crippen LogP contribution in [-0.2, 0) is 18.3 Å². The topological polar surface area (TPSA) is 74.6 Å². The lowest BCUT2D eigenvalue weighted by atomic mass is 10.1. The fourth-order valence-electron chi connectivity index (χ4n) is 2.09. The van der Waals surface area contributed by atoms with Gasteiger partial charge in [0.25, 0.3) is 0 Å². The summed E-state index contributed by atoms with van der Waals surface area (Å²) in [6.07, 6.45) is 1.93. The molecule has 0 bridgehead atoms. The minimum Gasteiger partial charge on any atom is -0.493 e. The second kappa shape index (κ2) is 6.84. The minimum atomic E-state index is -0.173. The van der Waals surface area contributed by atoms with Gasteiger partial charge >= 0.3 is 0 Å². The van der Waals surface area contributed by atoms with E-state index in [-0.39, 0.29) is 12.3 Å². The van der Waals surface area contributed by atoms with Gasteiger partial charge in [-0.25, -0.2) is 0 Å². The lowest BCUT2D eigenvalue weighted by Crippen LogP contribution is -2.15. The van der Waals surface area contributed by atoms with Crippen LogP contribution in [0.3, 0.4) is 0 Å². The summed E-state index contributed by atoms with van der Waals surface area (Å²) in [6, 6.07) is 5.23. The van der Waals surface area contributed by atoms with Gasteiger partial charge in [-0.1, -0.05) is 0 Å². The number of ether oxygens (including phenoxy) is 3. The van der Waals surface area contributed by atoms with Crippen LogP contribution in [0.4, 0.5) is 5.82 Å². The second-order valence-corrected chi connectivity index (χ2v) is 4.63. The zero-order valence-electron chi connectivity index (χ0n) is 13.0. The Morgan fingerprint density at radius 2 is 1.82 bits per heavy atom. The van der Waals surface area contributed by atoms with Crippen molar-refractivity contribution in [3.8, 4) is 17.2 Å². The number of aryl methyl sites for hydroxylation is 1. The zero-order valence-corrected chi connectivity index (χ0v) is 13.0. The normalized spacial score (nSPS) is 10.2. The van der Waals surface area contributed by atoms with E-state index < -0.39 is 0 Å². The van der Waals surface area contributed by atoms with E-state index in [2.05, 4.69) is 10.4 Å². The van der Waals surface area contributed by atoms with Gasteiger partial charge in [-0.3, -0.25) is 9.48 Å². The summed E-state index contributed by atoms with van der Waals surface area (Å²) in [5, 5.41) is 6.83. The average molecular weight is 305 g/mol. The van der Waals surface area contributed by atoms with Gasteiger partial charge in [0.2, 0.25) is 11.7 Å². The lowest BCUT2D eigenvalue weighted by molar-refractivity contribution is -0.115. The summed E-state index contributed by atoms with van der Waals surface area (Å²) in [5.74, 6) is 1.87. The average Bonchev–Trinajstić information content (AvgIpc) is 2.90. The number of nitrogens with zero attached hydrogens (tertiary/aromatic N) is 2. The molecule has 118 valence electrons. The number of nitrogens with one attached hydrogen (secondary N) is 1. The first-order valence-corrected chi connectivity index (χ1v) is 6.65. The molecule has 0 unspecified atom stereocenters. The van der Waals surface area contributed by atoms with Crippen molar-refractivity contribution in [3.63, 3.8) is 0 Å². The van der Waals surface area contributed by atoms with E-state index in [4.69, 9.17) is 14.2 Å². The quantitative estimate of drug-likeness (QED) is 0.878. The fourth-order valence-corrected chi connectivity index (χ4v) is 2.09. The minimum absolute atomic E-state index is 0.173. The van der Waals surface area contributed by atoms with Crippen LogP contribution in [0.1, 0.15) is 5.56 Å². The molecule has 1 aromatic carbocycles. The summed E-state index contributed by atoms with van der Waals surface area (Å²) >= 11 is 0. The largest absolute Gasteiger partial charge is 0.493 e. The number of carbonyl (C=O) groups is 1. The van der Waals surface area contributed by atoms with Crippen LogP contribution in [0.5, 0.6) is 17.2 Å². The molecule has 1 N–H and O–H groups in total. The number of methoxy groups -OCH3 is 3. The van der Waals surface area contributed by atoms with Gasteiger partial charge in [-0.15, -0.1) is 0 Å². The van der Waals surface area contributed by atoms with E-state index in [1.807, 2.05) is 0 Å². The van der Waals surface area contributed by atoms with Crippen LogP contribution in [0.25, 0.3) is 0 Å². The predicted molar refractivity (Wildman–Crippen MR) is 81.6 cm³/mol. The summed E-state index contributed by atoms with van der Waals surface area (Å²) < 4.78 is 17.4. The Kier molecular flexibility index (Phi) is 4.88. The molecule has 0 atom stereocenters. The van der Waals surface area contributed by atoms with Crippen LogP contribution in [0.15, 0.2) is 24.4 Å². The molecule has 2 aromatic rings. The van der Waals surface area contributed by atoms with Crippen LogP contribution in [-0.4, -0.2) is 37.0 Å². The Balaban J connectivity index is 2.16. The summed E-state index contributed by atoms with van der Waals surface area (Å²) in [5.41, 5.74) is 0.753. The predicted octanol–water partition coefficient (Wildman–Crippen LogP) is 1.63. The van der Waals surface area contributed by atoms with Gasteiger partial charge in [0, 0.05) is 19.3 Å². The van der Waals surface area contributed by atoms with Crippen molar-refractivity contribution < 1.29 is 19.0 Å². The number of rotatable bonds is 6. The third-order valence-corrected chi connectivity index (χ3v) is 3.07. The third kappa shape index (κ3) is 3.49. The molecule has 7 nitrogen and oxygen atoms in total. The van der Waals surface area contributed by atoms with Gasteiger partial charge in [0.05, 0.1) is 27.8 Å². The first kappa shape index (κ1) is 15.7. The van der Waals surface area contributed by atoms with Crippen LogP contribution in [0.2, 0.25) is 0 Å². The molecule has 0 saturated heterocycles. The Labute approximate surface area is 128 Å². The highest BCUT2D eigenvalue weighted by Gasteiger charge is 2.15. The Hall–Kier alpha value is -2.70. The summed E-state index contributed by atoms with van der Waals surface area (Å²) in [4.78, 5) is 12.1. The van der Waals surface area contributed by atoms with Gasteiger partial charge in [0.15, 0.2) is 17.3 Å². The molecule has 0 aliphatic rings. The molecule has 2 rings (SSSR count). The summed E-state index contributed by atoms with van der Waals surface area (Å²) in [7, 11) is 6.40. The number of carbonyl (C=O) groups excluding carboxylic acids is 1. The van der Waals surface area contributed by atoms with E-state index >= 15 is 0 Å². The molecule has 7 heteroatoms. The standard InChI is InChI=1S/C15H19N3O4/c1-18-6-5-13(17-18)16-14(19)9-10-7-11(20-2)15(22-4)12(8-10)21-3/h5-8H,9H2,1-4H3,(H,16,17,19). The van der Waals surface area contributed by atoms with Crippen molar-refractivity contribution in [2.45, 2.75) is 6.42 Å². The van der Waals surface area contributed by atoms with E-state index in [1.54, 1.807) is 36.1 Å². The monoisotopic (exact) mass is 305 g/mol. The molecule has 0 spiro atoms. The van der Waals surface area contributed by atoms with Gasteiger partial charge in [-0.2, -0.15) is 5.10 Å². The second-order valence-electron chi connectivity index (χ2n) is 4.63. The highest BCUT2D eigenvalue weighted by atomic mass is 16.5. The van der Waals surface area contributed by atoms with E-state index in [1.165, 1.54) is 21.3 Å². The van der Waals surface area contributed by atoms with Crippen molar-refractivity contribution >= 4 is 11.7 Å². The van der Waals surface area contributed by atoms with Crippen molar-refractivity contribution in [1.29, 1.82) is 0 Å². The molecular weight excluding hydrogens is 286 g/mol. The smallest absolute Gasteiger partial charge is 0.229 e. The van der Waals surface area contributed by atoms with E-state index in [0.29, 0.717) is 23.1 Å². The Morgan fingerprint density at radius 1 is 1.18 bits per heavy atom. The molecule has 1 amide bonds. The molecule has 0 radical (unpaired) electrons. The molecule has 0 aliphatic carbocycles. The molecule has 0 aliphatic heterocycles. The molecule has 0 fully saturated rings. The number of anilines is 1. The molecule has 1 aromatic heterocycles. The molecule has 1 heterocycles.